The van der Waals surface area contributed by atoms with Crippen molar-refractivity contribution in [2.45, 2.75) is 25.2 Å². The Bertz CT molecular complexity index is 448. The fraction of sp³-hybridized carbons (Fsp3) is 0.462. The number of nitrogen functional groups attached to an aromatic ring is 1. The maximum absolute atomic E-state index is 13.0. The zero-order valence-corrected chi connectivity index (χ0v) is 9.96. The van der Waals surface area contributed by atoms with Crippen molar-refractivity contribution >= 4 is 5.84 Å². The van der Waals surface area contributed by atoms with Gasteiger partial charge in [-0.15, -0.1) is 0 Å². The highest BCUT2D eigenvalue weighted by atomic mass is 19.3. The summed E-state index contributed by atoms with van der Waals surface area (Å²) < 4.78 is 31.6. The lowest BCUT2D eigenvalue weighted by molar-refractivity contribution is 0.00291. The molecule has 1 aromatic rings. The molecule has 3 nitrogen and oxygen atoms in total. The molecule has 1 atom stereocenters. The van der Waals surface area contributed by atoms with E-state index in [0.29, 0.717) is 17.7 Å². The lowest BCUT2D eigenvalue weighted by Crippen LogP contribution is -2.16. The van der Waals surface area contributed by atoms with E-state index in [4.69, 9.17) is 15.9 Å². The van der Waals surface area contributed by atoms with Gasteiger partial charge in [0.1, 0.15) is 11.6 Å². The molecule has 0 amide bonds. The highest BCUT2D eigenvalue weighted by molar-refractivity contribution is 5.97. The van der Waals surface area contributed by atoms with E-state index in [1.165, 1.54) is 0 Å². The number of halogens is 2. The summed E-state index contributed by atoms with van der Waals surface area (Å²) in [6.07, 6.45) is 0.305. The summed E-state index contributed by atoms with van der Waals surface area (Å²) in [6, 6.07) is 6.91. The molecule has 1 fully saturated rings. The van der Waals surface area contributed by atoms with Gasteiger partial charge >= 0.3 is 0 Å². The Kier molecular flexibility index (Phi) is 3.50. The zero-order valence-electron chi connectivity index (χ0n) is 9.96. The highest BCUT2D eigenvalue weighted by Crippen LogP contribution is 2.39. The lowest BCUT2D eigenvalue weighted by Gasteiger charge is -2.14. The van der Waals surface area contributed by atoms with Crippen LogP contribution in [0.1, 0.15) is 24.8 Å². The van der Waals surface area contributed by atoms with Crippen LogP contribution in [0, 0.1) is 11.3 Å². The second-order valence-electron chi connectivity index (χ2n) is 4.69. The summed E-state index contributed by atoms with van der Waals surface area (Å²) >= 11 is 0. The second kappa shape index (κ2) is 4.92. The minimum Gasteiger partial charge on any atom is -0.493 e. The van der Waals surface area contributed by atoms with Crippen LogP contribution in [-0.2, 0) is 0 Å². The van der Waals surface area contributed by atoms with Crippen LogP contribution in [-0.4, -0.2) is 18.4 Å². The van der Waals surface area contributed by atoms with Gasteiger partial charge in [0.2, 0.25) is 5.92 Å². The molecule has 0 bridgehead atoms. The van der Waals surface area contributed by atoms with E-state index < -0.39 is 5.92 Å². The van der Waals surface area contributed by atoms with Crippen molar-refractivity contribution < 1.29 is 13.5 Å². The van der Waals surface area contributed by atoms with Crippen molar-refractivity contribution in [3.8, 4) is 5.75 Å². The number of hydrogen-bond donors (Lipinski definition) is 2. The number of alkyl halides is 2. The number of nitrogens with one attached hydrogen (secondary N) is 1. The molecule has 3 N–H and O–H groups in total. The van der Waals surface area contributed by atoms with Crippen molar-refractivity contribution in [1.82, 2.24) is 0 Å². The van der Waals surface area contributed by atoms with Gasteiger partial charge < -0.3 is 10.5 Å². The third-order valence-electron chi connectivity index (χ3n) is 3.16. The first-order chi connectivity index (χ1) is 8.48. The monoisotopic (exact) mass is 254 g/mol. The van der Waals surface area contributed by atoms with E-state index in [2.05, 4.69) is 0 Å². The predicted molar refractivity (Wildman–Crippen MR) is 65.2 cm³/mol. The Labute approximate surface area is 104 Å². The zero-order chi connectivity index (χ0) is 13.2. The van der Waals surface area contributed by atoms with Gasteiger partial charge in [-0.25, -0.2) is 8.78 Å². The summed E-state index contributed by atoms with van der Waals surface area (Å²) in [7, 11) is 0. The number of benzene rings is 1. The SMILES string of the molecule is N=C(N)c1ccccc1OCC1CCC(F)(F)C1. The summed E-state index contributed by atoms with van der Waals surface area (Å²) in [5.41, 5.74) is 5.93. The smallest absolute Gasteiger partial charge is 0.248 e. The van der Waals surface area contributed by atoms with Crippen molar-refractivity contribution in [2.75, 3.05) is 6.61 Å². The van der Waals surface area contributed by atoms with E-state index in [0.717, 1.165) is 0 Å². The second-order valence-corrected chi connectivity index (χ2v) is 4.69. The third-order valence-corrected chi connectivity index (χ3v) is 3.16. The molecule has 1 aliphatic rings. The quantitative estimate of drug-likeness (QED) is 0.641. The molecule has 0 saturated heterocycles. The van der Waals surface area contributed by atoms with Gasteiger partial charge in [0.05, 0.1) is 12.2 Å². The van der Waals surface area contributed by atoms with Crippen LogP contribution in [0.5, 0.6) is 5.75 Å². The van der Waals surface area contributed by atoms with E-state index in [9.17, 15) is 8.78 Å². The normalized spacial score (nSPS) is 21.8. The first-order valence-electron chi connectivity index (χ1n) is 5.92. The topological polar surface area (TPSA) is 59.1 Å². The van der Waals surface area contributed by atoms with Crippen LogP contribution in [0.3, 0.4) is 0 Å². The molecule has 0 spiro atoms. The van der Waals surface area contributed by atoms with Crippen molar-refractivity contribution in [1.29, 1.82) is 5.41 Å². The minimum atomic E-state index is -2.55. The van der Waals surface area contributed by atoms with Gasteiger partial charge in [-0.05, 0) is 24.5 Å². The predicted octanol–water partition coefficient (Wildman–Crippen LogP) is 2.78. The molecule has 0 heterocycles. The third kappa shape index (κ3) is 2.97. The number of nitrogens with two attached hydrogens (primary N) is 1. The number of rotatable bonds is 4. The van der Waals surface area contributed by atoms with Gasteiger partial charge in [-0.3, -0.25) is 5.41 Å². The number of para-hydroxylation sites is 1. The Morgan fingerprint density at radius 1 is 1.44 bits per heavy atom. The van der Waals surface area contributed by atoms with E-state index >= 15 is 0 Å². The Morgan fingerprint density at radius 2 is 2.17 bits per heavy atom. The first-order valence-corrected chi connectivity index (χ1v) is 5.92. The van der Waals surface area contributed by atoms with Crippen LogP contribution in [0.2, 0.25) is 0 Å². The van der Waals surface area contributed by atoms with Crippen LogP contribution in [0.15, 0.2) is 24.3 Å². The average molecular weight is 254 g/mol. The molecule has 18 heavy (non-hydrogen) atoms. The van der Waals surface area contributed by atoms with Gasteiger partial charge in [0, 0.05) is 12.8 Å². The molecule has 0 aliphatic heterocycles. The Morgan fingerprint density at radius 3 is 2.78 bits per heavy atom. The Hall–Kier alpha value is -1.65. The minimum absolute atomic E-state index is 0.0601. The fourth-order valence-electron chi connectivity index (χ4n) is 2.21. The summed E-state index contributed by atoms with van der Waals surface area (Å²) in [5.74, 6) is -2.27. The van der Waals surface area contributed by atoms with Crippen LogP contribution >= 0.6 is 0 Å². The largest absolute Gasteiger partial charge is 0.493 e. The van der Waals surface area contributed by atoms with E-state index in [-0.39, 0.29) is 31.2 Å². The van der Waals surface area contributed by atoms with E-state index in [1.54, 1.807) is 24.3 Å². The molecule has 5 heteroatoms. The first kappa shape index (κ1) is 12.8. The molecule has 0 radical (unpaired) electrons. The molecule has 1 unspecified atom stereocenters. The molecule has 1 saturated carbocycles. The molecule has 98 valence electrons. The summed E-state index contributed by atoms with van der Waals surface area (Å²) in [5, 5.41) is 7.40. The van der Waals surface area contributed by atoms with Gasteiger partial charge in [-0.2, -0.15) is 0 Å². The molecule has 0 aromatic heterocycles. The van der Waals surface area contributed by atoms with Crippen molar-refractivity contribution in [2.24, 2.45) is 11.7 Å². The van der Waals surface area contributed by atoms with Crippen molar-refractivity contribution in [3.63, 3.8) is 0 Å². The summed E-state index contributed by atoms with van der Waals surface area (Å²) in [6.45, 7) is 0.250. The number of amidine groups is 1. The van der Waals surface area contributed by atoms with Gasteiger partial charge in [0.15, 0.2) is 0 Å². The molecule has 1 aromatic carbocycles. The van der Waals surface area contributed by atoms with E-state index in [1.807, 2.05) is 0 Å². The summed E-state index contributed by atoms with van der Waals surface area (Å²) in [4.78, 5) is 0. The number of hydrogen-bond acceptors (Lipinski definition) is 2. The maximum Gasteiger partial charge on any atom is 0.248 e. The average Bonchev–Trinajstić information content (AvgIpc) is 2.66. The van der Waals surface area contributed by atoms with Crippen LogP contribution in [0.25, 0.3) is 0 Å². The molecular weight excluding hydrogens is 238 g/mol. The van der Waals surface area contributed by atoms with Gasteiger partial charge in [0.25, 0.3) is 0 Å². The molecule has 1 aliphatic carbocycles. The van der Waals surface area contributed by atoms with Gasteiger partial charge in [-0.1, -0.05) is 12.1 Å². The number of ether oxygens (including phenoxy) is 1. The Balaban J connectivity index is 1.97. The standard InChI is InChI=1S/C13H16F2N2O/c14-13(15)6-5-9(7-13)8-18-11-4-2-1-3-10(11)12(16)17/h1-4,9H,5-8H2,(H3,16,17). The molecular formula is C13H16F2N2O. The highest BCUT2D eigenvalue weighted by Gasteiger charge is 2.39. The van der Waals surface area contributed by atoms with Crippen molar-refractivity contribution in [3.05, 3.63) is 29.8 Å². The fourth-order valence-corrected chi connectivity index (χ4v) is 2.21. The van der Waals surface area contributed by atoms with Crippen LogP contribution < -0.4 is 10.5 Å². The maximum atomic E-state index is 13.0. The molecule has 2 rings (SSSR count). The van der Waals surface area contributed by atoms with Crippen LogP contribution in [0.4, 0.5) is 8.78 Å². The lowest BCUT2D eigenvalue weighted by atomic mass is 10.1.